The number of anilines is 1. The zero-order valence-electron chi connectivity index (χ0n) is 13.6. The molecule has 2 rings (SSSR count). The van der Waals surface area contributed by atoms with Gasteiger partial charge in [-0.25, -0.2) is 4.79 Å². The maximum atomic E-state index is 12.5. The van der Waals surface area contributed by atoms with E-state index in [1.54, 1.807) is 24.3 Å². The summed E-state index contributed by atoms with van der Waals surface area (Å²) in [7, 11) is 0. The Labute approximate surface area is 145 Å². The average Bonchev–Trinajstić information content (AvgIpc) is 2.61. The van der Waals surface area contributed by atoms with Gasteiger partial charge in [0, 0.05) is 12.2 Å². The Morgan fingerprint density at radius 2 is 1.60 bits per heavy atom. The zero-order chi connectivity index (χ0) is 18.2. The quantitative estimate of drug-likeness (QED) is 0.706. The summed E-state index contributed by atoms with van der Waals surface area (Å²) in [5.41, 5.74) is 1.56. The molecule has 3 N–H and O–H groups in total. The van der Waals surface area contributed by atoms with Gasteiger partial charge in [0.1, 0.15) is 0 Å². The first-order valence-corrected chi connectivity index (χ1v) is 7.64. The monoisotopic (exact) mass is 338 g/mol. The van der Waals surface area contributed by atoms with Crippen LogP contribution in [-0.2, 0) is 9.59 Å². The van der Waals surface area contributed by atoms with Gasteiger partial charge in [-0.3, -0.25) is 9.59 Å². The molecule has 0 aliphatic rings. The summed E-state index contributed by atoms with van der Waals surface area (Å²) < 4.78 is 0. The summed E-state index contributed by atoms with van der Waals surface area (Å²) in [6, 6.07) is 15.8. The van der Waals surface area contributed by atoms with E-state index in [2.05, 4.69) is 10.6 Å². The smallest absolute Gasteiger partial charge is 0.328 e. The van der Waals surface area contributed by atoms with E-state index >= 15 is 0 Å². The lowest BCUT2D eigenvalue weighted by atomic mass is 10.1. The van der Waals surface area contributed by atoms with Crippen molar-refractivity contribution in [3.8, 4) is 0 Å². The minimum Gasteiger partial charge on any atom is -0.478 e. The molecule has 2 amide bonds. The number of benzene rings is 2. The van der Waals surface area contributed by atoms with E-state index in [0.29, 0.717) is 11.3 Å². The van der Waals surface area contributed by atoms with Gasteiger partial charge in [-0.15, -0.1) is 0 Å². The van der Waals surface area contributed by atoms with Gasteiger partial charge in [0.05, 0.1) is 17.3 Å². The van der Waals surface area contributed by atoms with E-state index < -0.39 is 11.9 Å². The van der Waals surface area contributed by atoms with Gasteiger partial charge in [0.2, 0.25) is 5.91 Å². The molecule has 0 heterocycles. The van der Waals surface area contributed by atoms with Gasteiger partial charge in [-0.05, 0) is 24.6 Å². The fourth-order valence-corrected chi connectivity index (χ4v) is 2.21. The van der Waals surface area contributed by atoms with Crippen molar-refractivity contribution >= 4 is 23.5 Å². The molecule has 128 valence electrons. The molecule has 0 aliphatic heterocycles. The van der Waals surface area contributed by atoms with Crippen molar-refractivity contribution in [2.24, 2.45) is 0 Å². The summed E-state index contributed by atoms with van der Waals surface area (Å²) in [6.45, 7) is 1.87. The predicted molar refractivity (Wildman–Crippen MR) is 94.2 cm³/mol. The van der Waals surface area contributed by atoms with E-state index in [9.17, 15) is 14.4 Å². The number of para-hydroxylation sites is 1. The third-order valence-corrected chi connectivity index (χ3v) is 3.45. The number of carbonyl (C=O) groups is 3. The van der Waals surface area contributed by atoms with Crippen LogP contribution in [0.4, 0.5) is 5.69 Å². The molecule has 0 aliphatic carbocycles. The van der Waals surface area contributed by atoms with E-state index in [4.69, 9.17) is 5.11 Å². The topological polar surface area (TPSA) is 95.5 Å². The molecule has 1 unspecified atom stereocenters. The van der Waals surface area contributed by atoms with E-state index in [0.717, 1.165) is 17.7 Å². The second-order valence-electron chi connectivity index (χ2n) is 5.31. The van der Waals surface area contributed by atoms with Gasteiger partial charge in [-0.2, -0.15) is 0 Å². The summed E-state index contributed by atoms with van der Waals surface area (Å²) >= 11 is 0. The second-order valence-corrected chi connectivity index (χ2v) is 5.31. The molecule has 25 heavy (non-hydrogen) atoms. The van der Waals surface area contributed by atoms with Crippen molar-refractivity contribution in [3.63, 3.8) is 0 Å². The first-order valence-electron chi connectivity index (χ1n) is 7.64. The van der Waals surface area contributed by atoms with Crippen LogP contribution in [-0.4, -0.2) is 22.9 Å². The summed E-state index contributed by atoms with van der Waals surface area (Å²) in [5, 5.41) is 13.9. The largest absolute Gasteiger partial charge is 0.478 e. The van der Waals surface area contributed by atoms with E-state index in [-0.39, 0.29) is 11.9 Å². The second kappa shape index (κ2) is 8.44. The number of amides is 2. The predicted octanol–water partition coefficient (Wildman–Crippen LogP) is 2.76. The number of rotatable bonds is 6. The molecule has 0 aromatic heterocycles. The number of carbonyl (C=O) groups excluding carboxylic acids is 2. The first-order chi connectivity index (χ1) is 12.0. The molecule has 0 radical (unpaired) electrons. The Morgan fingerprint density at radius 1 is 0.960 bits per heavy atom. The Bertz CT molecular complexity index is 800. The third kappa shape index (κ3) is 5.31. The molecule has 1 atom stereocenters. The van der Waals surface area contributed by atoms with Gasteiger partial charge >= 0.3 is 5.97 Å². The van der Waals surface area contributed by atoms with Crippen molar-refractivity contribution in [2.45, 2.75) is 13.0 Å². The van der Waals surface area contributed by atoms with E-state index in [1.165, 1.54) is 0 Å². The number of carboxylic acid groups (broad SMARTS) is 1. The summed E-state index contributed by atoms with van der Waals surface area (Å²) in [5.74, 6) is -2.19. The summed E-state index contributed by atoms with van der Waals surface area (Å²) in [4.78, 5) is 34.7. The SMILES string of the molecule is CC(NC(=O)c1ccccc1NC(=O)C=CC(=O)O)c1ccccc1. The van der Waals surface area contributed by atoms with Crippen LogP contribution in [0.25, 0.3) is 0 Å². The Kier molecular flexibility index (Phi) is 6.06. The molecular weight excluding hydrogens is 320 g/mol. The van der Waals surface area contributed by atoms with Crippen molar-refractivity contribution in [1.82, 2.24) is 5.32 Å². The highest BCUT2D eigenvalue weighted by atomic mass is 16.4. The van der Waals surface area contributed by atoms with Crippen LogP contribution >= 0.6 is 0 Å². The van der Waals surface area contributed by atoms with Crippen molar-refractivity contribution in [3.05, 3.63) is 77.9 Å². The van der Waals surface area contributed by atoms with Crippen LogP contribution in [0.1, 0.15) is 28.9 Å². The fourth-order valence-electron chi connectivity index (χ4n) is 2.21. The Hall–Kier alpha value is -3.41. The van der Waals surface area contributed by atoms with Gasteiger partial charge < -0.3 is 15.7 Å². The fraction of sp³-hybridized carbons (Fsp3) is 0.105. The zero-order valence-corrected chi connectivity index (χ0v) is 13.6. The lowest BCUT2D eigenvalue weighted by Gasteiger charge is -2.16. The molecule has 6 heteroatoms. The Balaban J connectivity index is 2.12. The molecule has 0 bridgehead atoms. The van der Waals surface area contributed by atoms with Crippen LogP contribution in [0.5, 0.6) is 0 Å². The van der Waals surface area contributed by atoms with Crippen LogP contribution < -0.4 is 10.6 Å². The first kappa shape index (κ1) is 17.9. The standard InChI is InChI=1S/C19H18N2O4/c1-13(14-7-3-2-4-8-14)20-19(25)15-9-5-6-10-16(15)21-17(22)11-12-18(23)24/h2-13H,1H3,(H,20,25)(H,21,22)(H,23,24). The number of carboxylic acids is 1. The average molecular weight is 338 g/mol. The minimum atomic E-state index is -1.22. The number of hydrogen-bond acceptors (Lipinski definition) is 3. The van der Waals surface area contributed by atoms with Crippen molar-refractivity contribution in [2.75, 3.05) is 5.32 Å². The van der Waals surface area contributed by atoms with Crippen LogP contribution in [0.3, 0.4) is 0 Å². The van der Waals surface area contributed by atoms with Crippen molar-refractivity contribution in [1.29, 1.82) is 0 Å². The van der Waals surface area contributed by atoms with Crippen LogP contribution in [0.15, 0.2) is 66.7 Å². The number of hydrogen-bond donors (Lipinski definition) is 3. The van der Waals surface area contributed by atoms with Gasteiger partial charge in [0.15, 0.2) is 0 Å². The van der Waals surface area contributed by atoms with Crippen LogP contribution in [0, 0.1) is 0 Å². The molecule has 0 fully saturated rings. The van der Waals surface area contributed by atoms with Crippen LogP contribution in [0.2, 0.25) is 0 Å². The highest BCUT2D eigenvalue weighted by molar-refractivity contribution is 6.07. The Morgan fingerprint density at radius 3 is 2.28 bits per heavy atom. The normalized spacial score (nSPS) is 11.7. The third-order valence-electron chi connectivity index (χ3n) is 3.45. The lowest BCUT2D eigenvalue weighted by molar-refractivity contribution is -0.131. The highest BCUT2D eigenvalue weighted by Gasteiger charge is 2.15. The summed E-state index contributed by atoms with van der Waals surface area (Å²) in [6.07, 6.45) is 1.62. The van der Waals surface area contributed by atoms with E-state index in [1.807, 2.05) is 37.3 Å². The minimum absolute atomic E-state index is 0.204. The van der Waals surface area contributed by atoms with Gasteiger partial charge in [0.25, 0.3) is 5.91 Å². The van der Waals surface area contributed by atoms with Crippen molar-refractivity contribution < 1.29 is 19.5 Å². The number of aliphatic carboxylic acids is 1. The highest BCUT2D eigenvalue weighted by Crippen LogP contribution is 2.18. The maximum absolute atomic E-state index is 12.5. The molecule has 0 saturated carbocycles. The molecular formula is C19H18N2O4. The number of nitrogens with one attached hydrogen (secondary N) is 2. The molecule has 6 nitrogen and oxygen atoms in total. The van der Waals surface area contributed by atoms with Gasteiger partial charge in [-0.1, -0.05) is 42.5 Å². The lowest BCUT2D eigenvalue weighted by Crippen LogP contribution is -2.27. The molecule has 0 saturated heterocycles. The molecule has 2 aromatic carbocycles. The maximum Gasteiger partial charge on any atom is 0.328 e. The molecule has 2 aromatic rings. The molecule has 0 spiro atoms.